The zero-order valence-electron chi connectivity index (χ0n) is 21.3. The van der Waals surface area contributed by atoms with E-state index in [1.54, 1.807) is 0 Å². The second-order valence-corrected chi connectivity index (χ2v) is 11.8. The number of nitrogens with zero attached hydrogens (tertiary/aromatic N) is 2. The van der Waals surface area contributed by atoms with E-state index in [9.17, 15) is 0 Å². The Balaban J connectivity index is 1.49. The van der Waals surface area contributed by atoms with Gasteiger partial charge < -0.3 is 0 Å². The van der Waals surface area contributed by atoms with Gasteiger partial charge >= 0.3 is 0 Å². The number of aromatic nitrogens is 2. The Hall–Kier alpha value is -4.99. The van der Waals surface area contributed by atoms with Gasteiger partial charge in [0, 0.05) is 31.6 Å². The summed E-state index contributed by atoms with van der Waals surface area (Å²) in [6.07, 6.45) is 0. The molecule has 0 saturated heterocycles. The van der Waals surface area contributed by atoms with E-state index in [1.165, 1.54) is 80.4 Å². The Labute approximate surface area is 233 Å². The van der Waals surface area contributed by atoms with Crippen molar-refractivity contribution < 1.29 is 0 Å². The lowest BCUT2D eigenvalue weighted by Crippen LogP contribution is -1.99. The molecule has 6 aromatic carbocycles. The Morgan fingerprint density at radius 3 is 2.02 bits per heavy atom. The van der Waals surface area contributed by atoms with E-state index in [1.807, 2.05) is 11.3 Å². The molecule has 0 spiro atoms. The predicted octanol–water partition coefficient (Wildman–Crippen LogP) is 10.5. The zero-order valence-corrected chi connectivity index (χ0v) is 22.2. The van der Waals surface area contributed by atoms with E-state index in [4.69, 9.17) is 4.98 Å². The van der Waals surface area contributed by atoms with Gasteiger partial charge in [-0.1, -0.05) is 97.1 Å². The van der Waals surface area contributed by atoms with Gasteiger partial charge in [-0.2, -0.15) is 0 Å². The minimum atomic E-state index is 1.01. The molecule has 0 fully saturated rings. The average Bonchev–Trinajstić information content (AvgIpc) is 3.53. The van der Waals surface area contributed by atoms with Gasteiger partial charge in [0.2, 0.25) is 0 Å². The third kappa shape index (κ3) is 2.47. The summed E-state index contributed by atoms with van der Waals surface area (Å²) in [5.41, 5.74) is 8.60. The Kier molecular flexibility index (Phi) is 3.84. The molecule has 2 nitrogen and oxygen atoms in total. The number of para-hydroxylation sites is 1. The van der Waals surface area contributed by atoms with Gasteiger partial charge in [-0.05, 0) is 57.3 Å². The summed E-state index contributed by atoms with van der Waals surface area (Å²) in [6.45, 7) is 0. The van der Waals surface area contributed by atoms with E-state index < -0.39 is 0 Å². The molecule has 1 aliphatic rings. The zero-order chi connectivity index (χ0) is 25.9. The van der Waals surface area contributed by atoms with Crippen molar-refractivity contribution in [2.24, 2.45) is 0 Å². The molecule has 0 unspecified atom stereocenters. The van der Waals surface area contributed by atoms with Crippen LogP contribution in [-0.4, -0.2) is 9.55 Å². The van der Waals surface area contributed by atoms with Crippen LogP contribution < -0.4 is 0 Å². The molecule has 184 valence electrons. The smallest absolute Gasteiger partial charge is 0.156 e. The Morgan fingerprint density at radius 2 is 1.15 bits per heavy atom. The summed E-state index contributed by atoms with van der Waals surface area (Å²) in [5.74, 6) is 1.01. The van der Waals surface area contributed by atoms with Crippen LogP contribution in [0.2, 0.25) is 0 Å². The maximum absolute atomic E-state index is 5.41. The molecular formula is C37H20N2S. The minimum absolute atomic E-state index is 1.01. The lowest BCUT2D eigenvalue weighted by Gasteiger charge is -2.14. The number of hydrogen-bond acceptors (Lipinski definition) is 2. The summed E-state index contributed by atoms with van der Waals surface area (Å²) in [5, 5.41) is 9.04. The molecule has 9 aromatic rings. The molecule has 3 heteroatoms. The summed E-state index contributed by atoms with van der Waals surface area (Å²) in [6, 6.07) is 44.3. The van der Waals surface area contributed by atoms with Crippen molar-refractivity contribution in [3.05, 3.63) is 121 Å². The highest BCUT2D eigenvalue weighted by Crippen LogP contribution is 2.50. The van der Waals surface area contributed by atoms with Crippen molar-refractivity contribution in [2.75, 3.05) is 0 Å². The number of benzene rings is 6. The van der Waals surface area contributed by atoms with Gasteiger partial charge in [0.1, 0.15) is 0 Å². The monoisotopic (exact) mass is 524 g/mol. The molecule has 0 aliphatic heterocycles. The largest absolute Gasteiger partial charge is 0.293 e. The van der Waals surface area contributed by atoms with Crippen molar-refractivity contribution in [3.8, 4) is 28.1 Å². The standard InChI is InChI=1S/C37H20N2S/c1-2-11-23-22(10-1)24-14-7-9-21-19-20-30-35(32(21)24)34-25(23)15-8-17-29(34)39(30)37-36-33(26-12-3-5-16-28(26)38-37)27-13-4-6-18-31(27)40-36/h1-20H. The van der Waals surface area contributed by atoms with E-state index in [0.29, 0.717) is 0 Å². The van der Waals surface area contributed by atoms with Crippen LogP contribution in [0.1, 0.15) is 0 Å². The van der Waals surface area contributed by atoms with Crippen LogP contribution >= 0.6 is 11.3 Å². The van der Waals surface area contributed by atoms with E-state index in [2.05, 4.69) is 126 Å². The molecule has 0 N–H and O–H groups in total. The summed E-state index contributed by atoms with van der Waals surface area (Å²) < 4.78 is 4.96. The van der Waals surface area contributed by atoms with Crippen LogP contribution in [0.15, 0.2) is 121 Å². The number of hydrogen-bond donors (Lipinski definition) is 0. The fraction of sp³-hybridized carbons (Fsp3) is 0. The van der Waals surface area contributed by atoms with Gasteiger partial charge in [-0.15, -0.1) is 11.3 Å². The molecule has 0 radical (unpaired) electrons. The van der Waals surface area contributed by atoms with Crippen molar-refractivity contribution in [1.29, 1.82) is 0 Å². The first kappa shape index (κ1) is 20.9. The Morgan fingerprint density at radius 1 is 0.475 bits per heavy atom. The number of fused-ring (bicyclic) bond motifs is 8. The SMILES string of the molecule is c1ccc2c(c1)-c1cccc3ccc4c(c13)c1c-2cccc1n4-c1nc2ccccc2c2c1sc1ccccc12. The quantitative estimate of drug-likeness (QED) is 0.209. The number of thiophene rings is 1. The predicted molar refractivity (Wildman–Crippen MR) is 171 cm³/mol. The highest BCUT2D eigenvalue weighted by molar-refractivity contribution is 7.26. The fourth-order valence-electron chi connectivity index (χ4n) is 7.13. The van der Waals surface area contributed by atoms with E-state index >= 15 is 0 Å². The maximum Gasteiger partial charge on any atom is 0.156 e. The van der Waals surface area contributed by atoms with Gasteiger partial charge in [-0.3, -0.25) is 4.57 Å². The van der Waals surface area contributed by atoms with Crippen LogP contribution in [0.25, 0.3) is 91.7 Å². The topological polar surface area (TPSA) is 17.8 Å². The molecule has 3 heterocycles. The lowest BCUT2D eigenvalue weighted by molar-refractivity contribution is 1.13. The van der Waals surface area contributed by atoms with Gasteiger partial charge in [0.25, 0.3) is 0 Å². The molecule has 40 heavy (non-hydrogen) atoms. The highest BCUT2D eigenvalue weighted by atomic mass is 32.1. The minimum Gasteiger partial charge on any atom is -0.293 e. The van der Waals surface area contributed by atoms with E-state index in [-0.39, 0.29) is 0 Å². The van der Waals surface area contributed by atoms with Crippen molar-refractivity contribution in [3.63, 3.8) is 0 Å². The van der Waals surface area contributed by atoms with Crippen molar-refractivity contribution in [1.82, 2.24) is 9.55 Å². The van der Waals surface area contributed by atoms with Gasteiger partial charge in [0.15, 0.2) is 5.82 Å². The van der Waals surface area contributed by atoms with Crippen LogP contribution in [-0.2, 0) is 0 Å². The summed E-state index contributed by atoms with van der Waals surface area (Å²) in [7, 11) is 0. The molecule has 0 bridgehead atoms. The molecule has 0 atom stereocenters. The molecule has 0 amide bonds. The molecule has 1 aliphatic carbocycles. The summed E-state index contributed by atoms with van der Waals surface area (Å²) in [4.78, 5) is 5.41. The molecule has 0 saturated carbocycles. The van der Waals surface area contributed by atoms with Crippen LogP contribution in [0.3, 0.4) is 0 Å². The average molecular weight is 525 g/mol. The van der Waals surface area contributed by atoms with Crippen LogP contribution in [0, 0.1) is 0 Å². The normalized spacial score (nSPS) is 12.5. The summed E-state index contributed by atoms with van der Waals surface area (Å²) >= 11 is 1.85. The first-order chi connectivity index (χ1) is 19.9. The van der Waals surface area contributed by atoms with Crippen molar-refractivity contribution in [2.45, 2.75) is 0 Å². The third-order valence-electron chi connectivity index (χ3n) is 8.72. The molecule has 3 aromatic heterocycles. The fourth-order valence-corrected chi connectivity index (χ4v) is 8.32. The Bertz CT molecular complexity index is 2550. The van der Waals surface area contributed by atoms with Crippen LogP contribution in [0.5, 0.6) is 0 Å². The first-order valence-electron chi connectivity index (χ1n) is 13.7. The number of pyridine rings is 1. The molecular weight excluding hydrogens is 504 g/mol. The second-order valence-electron chi connectivity index (χ2n) is 10.7. The first-order valence-corrected chi connectivity index (χ1v) is 14.5. The van der Waals surface area contributed by atoms with Gasteiger partial charge in [-0.25, -0.2) is 4.98 Å². The second kappa shape index (κ2) is 7.35. The molecule has 10 rings (SSSR count). The van der Waals surface area contributed by atoms with Crippen molar-refractivity contribution >= 4 is 75.0 Å². The lowest BCUT2D eigenvalue weighted by atomic mass is 9.93. The maximum atomic E-state index is 5.41. The van der Waals surface area contributed by atoms with E-state index in [0.717, 1.165) is 11.3 Å². The van der Waals surface area contributed by atoms with Gasteiger partial charge in [0.05, 0.1) is 21.3 Å². The number of rotatable bonds is 1. The third-order valence-corrected chi connectivity index (χ3v) is 9.88. The van der Waals surface area contributed by atoms with Crippen LogP contribution in [0.4, 0.5) is 0 Å². The highest BCUT2D eigenvalue weighted by Gasteiger charge is 2.26.